The first-order valence-corrected chi connectivity index (χ1v) is 11.7. The topological polar surface area (TPSA) is 63.3 Å². The molecular weight excluding hydrogens is 449 g/mol. The van der Waals surface area contributed by atoms with E-state index in [0.717, 1.165) is 48.9 Å². The van der Waals surface area contributed by atoms with Crippen molar-refractivity contribution in [2.75, 3.05) is 51.0 Å². The lowest BCUT2D eigenvalue weighted by Crippen LogP contribution is -2.50. The molecule has 1 atom stereocenters. The van der Waals surface area contributed by atoms with Crippen LogP contribution in [-0.4, -0.2) is 56.9 Å². The van der Waals surface area contributed by atoms with E-state index in [-0.39, 0.29) is 31.2 Å². The van der Waals surface area contributed by atoms with Crippen molar-refractivity contribution in [2.24, 2.45) is 0 Å². The van der Waals surface area contributed by atoms with Gasteiger partial charge >= 0.3 is 0 Å². The van der Waals surface area contributed by atoms with Crippen molar-refractivity contribution in [1.29, 1.82) is 0 Å². The van der Waals surface area contributed by atoms with Crippen LogP contribution in [0.4, 0.5) is 10.1 Å². The van der Waals surface area contributed by atoms with Gasteiger partial charge in [0.1, 0.15) is 11.6 Å². The Hall–Kier alpha value is -3.78. The van der Waals surface area contributed by atoms with E-state index in [4.69, 9.17) is 14.2 Å². The Morgan fingerprint density at radius 1 is 0.943 bits per heavy atom. The van der Waals surface area contributed by atoms with Gasteiger partial charge in [0.05, 0.1) is 6.04 Å². The number of nitrogens with zero attached hydrogens (tertiary/aromatic N) is 2. The highest BCUT2D eigenvalue weighted by atomic mass is 19.1. The van der Waals surface area contributed by atoms with Gasteiger partial charge in [0.25, 0.3) is 5.91 Å². The summed E-state index contributed by atoms with van der Waals surface area (Å²) in [7, 11) is 0. The molecule has 2 aliphatic rings. The van der Waals surface area contributed by atoms with E-state index in [1.54, 1.807) is 0 Å². The lowest BCUT2D eigenvalue weighted by molar-refractivity contribution is -0.123. The smallest absolute Gasteiger partial charge is 0.258 e. The number of anilines is 1. The second-order valence-electron chi connectivity index (χ2n) is 8.53. The van der Waals surface area contributed by atoms with Crippen LogP contribution in [-0.2, 0) is 4.79 Å². The lowest BCUT2D eigenvalue weighted by atomic mass is 10.0. The maximum Gasteiger partial charge on any atom is 0.258 e. The van der Waals surface area contributed by atoms with Gasteiger partial charge in [0.15, 0.2) is 18.1 Å². The largest absolute Gasteiger partial charge is 0.484 e. The maximum atomic E-state index is 13.3. The number of carbonyl (C=O) groups excluding carboxylic acids is 1. The minimum atomic E-state index is -0.234. The molecule has 182 valence electrons. The van der Waals surface area contributed by atoms with Gasteiger partial charge in [-0.2, -0.15) is 0 Å². The zero-order valence-electron chi connectivity index (χ0n) is 19.4. The molecule has 5 rings (SSSR count). The summed E-state index contributed by atoms with van der Waals surface area (Å²) in [5.41, 5.74) is 2.06. The quantitative estimate of drug-likeness (QED) is 0.535. The van der Waals surface area contributed by atoms with Crippen molar-refractivity contribution in [1.82, 2.24) is 10.2 Å². The van der Waals surface area contributed by atoms with Crippen LogP contribution in [0.1, 0.15) is 11.6 Å². The highest BCUT2D eigenvalue weighted by Gasteiger charge is 2.27. The highest BCUT2D eigenvalue weighted by Crippen LogP contribution is 2.35. The molecule has 0 saturated carbocycles. The standard InChI is InChI=1S/C27H28FN3O4/c28-21-7-9-22(10-8-21)30-12-14-31(15-13-30)24(20-6-11-25-26(16-20)35-19-34-25)17-29-27(32)18-33-23-4-2-1-3-5-23/h1-11,16,24H,12-15,17-19H2,(H,29,32). The Labute approximate surface area is 204 Å². The molecule has 0 bridgehead atoms. The fourth-order valence-corrected chi connectivity index (χ4v) is 4.45. The molecule has 0 aliphatic carbocycles. The van der Waals surface area contributed by atoms with E-state index in [2.05, 4.69) is 15.1 Å². The zero-order chi connectivity index (χ0) is 24.0. The number of halogens is 1. The first-order chi connectivity index (χ1) is 17.2. The van der Waals surface area contributed by atoms with Crippen LogP contribution in [0.5, 0.6) is 17.2 Å². The Bertz CT molecular complexity index is 1130. The van der Waals surface area contributed by atoms with Crippen molar-refractivity contribution in [2.45, 2.75) is 6.04 Å². The number of ether oxygens (including phenoxy) is 3. The van der Waals surface area contributed by atoms with Gasteiger partial charge in [-0.25, -0.2) is 4.39 Å². The zero-order valence-corrected chi connectivity index (χ0v) is 19.4. The van der Waals surface area contributed by atoms with Crippen molar-refractivity contribution < 1.29 is 23.4 Å². The van der Waals surface area contributed by atoms with Crippen LogP contribution < -0.4 is 24.4 Å². The fraction of sp³-hybridized carbons (Fsp3) is 0.296. The van der Waals surface area contributed by atoms with Crippen molar-refractivity contribution in [3.05, 3.63) is 84.2 Å². The molecule has 0 aromatic heterocycles. The van der Waals surface area contributed by atoms with Gasteiger partial charge in [-0.3, -0.25) is 9.69 Å². The van der Waals surface area contributed by atoms with E-state index in [1.807, 2.05) is 60.7 Å². The van der Waals surface area contributed by atoms with Crippen molar-refractivity contribution in [3.8, 4) is 17.2 Å². The molecule has 2 aliphatic heterocycles. The molecule has 0 spiro atoms. The summed E-state index contributed by atoms with van der Waals surface area (Å²) in [6, 6.07) is 21.8. The summed E-state index contributed by atoms with van der Waals surface area (Å²) >= 11 is 0. The summed E-state index contributed by atoms with van der Waals surface area (Å²) < 4.78 is 30.0. The first kappa shape index (κ1) is 23.0. The fourth-order valence-electron chi connectivity index (χ4n) is 4.45. The summed E-state index contributed by atoms with van der Waals surface area (Å²) in [6.07, 6.45) is 0. The van der Waals surface area contributed by atoms with E-state index in [0.29, 0.717) is 12.3 Å². The molecule has 8 heteroatoms. The Kier molecular flexibility index (Phi) is 6.99. The molecule has 1 saturated heterocycles. The van der Waals surface area contributed by atoms with Crippen LogP contribution in [0.2, 0.25) is 0 Å². The Morgan fingerprint density at radius 2 is 1.69 bits per heavy atom. The molecule has 2 heterocycles. The van der Waals surface area contributed by atoms with Gasteiger partial charge in [-0.15, -0.1) is 0 Å². The molecule has 1 amide bonds. The molecule has 3 aromatic rings. The molecule has 1 unspecified atom stereocenters. The molecule has 1 N–H and O–H groups in total. The molecule has 1 fully saturated rings. The summed E-state index contributed by atoms with van der Waals surface area (Å²) in [5, 5.41) is 3.03. The predicted octanol–water partition coefficient (Wildman–Crippen LogP) is 3.61. The normalized spacial score (nSPS) is 16.1. The minimum Gasteiger partial charge on any atom is -0.484 e. The average Bonchev–Trinajstić information content (AvgIpc) is 3.37. The number of piperazine rings is 1. The molecule has 35 heavy (non-hydrogen) atoms. The molecule has 7 nitrogen and oxygen atoms in total. The number of amides is 1. The monoisotopic (exact) mass is 477 g/mol. The number of para-hydroxylation sites is 1. The van der Waals surface area contributed by atoms with Crippen LogP contribution in [0.25, 0.3) is 0 Å². The van der Waals surface area contributed by atoms with Crippen LogP contribution >= 0.6 is 0 Å². The number of carbonyl (C=O) groups is 1. The van der Waals surface area contributed by atoms with Crippen LogP contribution in [0.3, 0.4) is 0 Å². The third-order valence-electron chi connectivity index (χ3n) is 6.33. The second-order valence-corrected chi connectivity index (χ2v) is 8.53. The van der Waals surface area contributed by atoms with Crippen molar-refractivity contribution in [3.63, 3.8) is 0 Å². The van der Waals surface area contributed by atoms with Gasteiger partial charge in [0.2, 0.25) is 6.79 Å². The molecule has 0 radical (unpaired) electrons. The van der Waals surface area contributed by atoms with E-state index >= 15 is 0 Å². The number of hydrogen-bond acceptors (Lipinski definition) is 6. The SMILES string of the molecule is O=C(COc1ccccc1)NCC(c1ccc2c(c1)OCO2)N1CCN(c2ccc(F)cc2)CC1. The second kappa shape index (κ2) is 10.7. The first-order valence-electron chi connectivity index (χ1n) is 11.7. The minimum absolute atomic E-state index is 0.0412. The summed E-state index contributed by atoms with van der Waals surface area (Å²) in [6.45, 7) is 3.81. The number of fused-ring (bicyclic) bond motifs is 1. The Balaban J connectivity index is 1.24. The predicted molar refractivity (Wildman–Crippen MR) is 130 cm³/mol. The summed E-state index contributed by atoms with van der Waals surface area (Å²) in [5.74, 6) is 1.70. The lowest BCUT2D eigenvalue weighted by Gasteiger charge is -2.40. The third-order valence-corrected chi connectivity index (χ3v) is 6.33. The van der Waals surface area contributed by atoms with E-state index < -0.39 is 0 Å². The van der Waals surface area contributed by atoms with Crippen LogP contribution in [0.15, 0.2) is 72.8 Å². The third kappa shape index (κ3) is 5.66. The van der Waals surface area contributed by atoms with E-state index in [1.165, 1.54) is 12.1 Å². The number of hydrogen-bond donors (Lipinski definition) is 1. The number of benzene rings is 3. The van der Waals surface area contributed by atoms with Crippen LogP contribution in [0, 0.1) is 5.82 Å². The summed E-state index contributed by atoms with van der Waals surface area (Å²) in [4.78, 5) is 17.2. The van der Waals surface area contributed by atoms with Gasteiger partial charge < -0.3 is 24.4 Å². The molecular formula is C27H28FN3O4. The Morgan fingerprint density at radius 3 is 2.46 bits per heavy atom. The maximum absolute atomic E-state index is 13.3. The number of nitrogens with one attached hydrogen (secondary N) is 1. The number of rotatable bonds is 8. The highest BCUT2D eigenvalue weighted by molar-refractivity contribution is 5.77. The van der Waals surface area contributed by atoms with Gasteiger partial charge in [-0.05, 0) is 54.1 Å². The van der Waals surface area contributed by atoms with E-state index in [9.17, 15) is 9.18 Å². The molecule has 3 aromatic carbocycles. The van der Waals surface area contributed by atoms with Crippen molar-refractivity contribution >= 4 is 11.6 Å². The van der Waals surface area contributed by atoms with Gasteiger partial charge in [-0.1, -0.05) is 24.3 Å². The van der Waals surface area contributed by atoms with Gasteiger partial charge in [0, 0.05) is 38.4 Å². The average molecular weight is 478 g/mol.